The van der Waals surface area contributed by atoms with Crippen LogP contribution >= 0.6 is 0 Å². The molecule has 74 valence electrons. The van der Waals surface area contributed by atoms with E-state index in [2.05, 4.69) is 0 Å². The zero-order valence-corrected chi connectivity index (χ0v) is 10.2. The molecule has 8 heteroatoms. The van der Waals surface area contributed by atoms with Crippen molar-refractivity contribution in [2.45, 2.75) is 17.7 Å². The first kappa shape index (κ1) is 16.2. The molecule has 13 heavy (non-hydrogen) atoms. The van der Waals surface area contributed by atoms with Crippen molar-refractivity contribution in [2.75, 3.05) is 13.2 Å². The molecule has 0 saturated heterocycles. The Hall–Kier alpha value is 0.790. The summed E-state index contributed by atoms with van der Waals surface area (Å²) in [6.45, 7) is -1.00. The van der Waals surface area contributed by atoms with Crippen molar-refractivity contribution in [3.8, 4) is 0 Å². The van der Waals surface area contributed by atoms with Crippen LogP contribution < -0.4 is 35.3 Å². The molecule has 0 aromatic carbocycles. The molecule has 0 bridgehead atoms. The maximum Gasteiger partial charge on any atom is 1.00 e. The molecule has 0 rings (SSSR count). The zero-order chi connectivity index (χ0) is 9.83. The molecule has 0 heterocycles. The first-order valence-corrected chi connectivity index (χ1v) is 4.74. The van der Waals surface area contributed by atoms with Crippen molar-refractivity contribution < 1.29 is 52.7 Å². The molecule has 0 aromatic heterocycles. The molecular formula is C5H12NNaO5S. The van der Waals surface area contributed by atoms with E-state index in [9.17, 15) is 13.0 Å². The summed E-state index contributed by atoms with van der Waals surface area (Å²) in [4.78, 5) is -2.05. The average Bonchev–Trinajstić information content (AvgIpc) is 1.86. The molecule has 0 unspecified atom stereocenters. The van der Waals surface area contributed by atoms with E-state index in [0.717, 1.165) is 0 Å². The van der Waals surface area contributed by atoms with Crippen LogP contribution in [0.15, 0.2) is 0 Å². The second kappa shape index (κ2) is 6.31. The third kappa shape index (κ3) is 4.71. The smallest absolute Gasteiger partial charge is 0.747 e. The quantitative estimate of drug-likeness (QED) is 0.315. The molecule has 6 nitrogen and oxygen atoms in total. The Morgan fingerprint density at radius 2 is 1.54 bits per heavy atom. The SMILES string of the molecule is NC(CCO)(CCO)S(=O)(=O)[O-].[Na+]. The molecule has 0 aliphatic heterocycles. The van der Waals surface area contributed by atoms with Crippen molar-refractivity contribution in [3.05, 3.63) is 0 Å². The van der Waals surface area contributed by atoms with Gasteiger partial charge in [0.1, 0.15) is 15.0 Å². The Bertz CT molecular complexity index is 223. The molecule has 0 aromatic rings. The van der Waals surface area contributed by atoms with E-state index < -0.39 is 28.2 Å². The Labute approximate surface area is 99.2 Å². The summed E-state index contributed by atoms with van der Waals surface area (Å²) in [6, 6.07) is 0. The van der Waals surface area contributed by atoms with Crippen molar-refractivity contribution in [1.82, 2.24) is 0 Å². The van der Waals surface area contributed by atoms with Crippen LogP contribution in [0.3, 0.4) is 0 Å². The van der Waals surface area contributed by atoms with Crippen LogP contribution in [0.5, 0.6) is 0 Å². The number of hydrogen-bond donors (Lipinski definition) is 3. The predicted molar refractivity (Wildman–Crippen MR) is 40.0 cm³/mol. The van der Waals surface area contributed by atoms with E-state index >= 15 is 0 Å². The fourth-order valence-electron chi connectivity index (χ4n) is 0.754. The van der Waals surface area contributed by atoms with E-state index in [4.69, 9.17) is 15.9 Å². The van der Waals surface area contributed by atoms with Gasteiger partial charge in [-0.3, -0.25) is 0 Å². The van der Waals surface area contributed by atoms with Crippen molar-refractivity contribution in [3.63, 3.8) is 0 Å². The number of aliphatic hydroxyl groups is 2. The third-order valence-electron chi connectivity index (χ3n) is 1.57. The van der Waals surface area contributed by atoms with Gasteiger partial charge in [-0.15, -0.1) is 0 Å². The second-order valence-electron chi connectivity index (χ2n) is 2.47. The van der Waals surface area contributed by atoms with Crippen LogP contribution in [-0.2, 0) is 10.1 Å². The van der Waals surface area contributed by atoms with Gasteiger partial charge in [0.05, 0.1) is 0 Å². The molecule has 0 saturated carbocycles. The van der Waals surface area contributed by atoms with E-state index in [1.54, 1.807) is 0 Å². The van der Waals surface area contributed by atoms with Gasteiger partial charge in [-0.2, -0.15) is 0 Å². The van der Waals surface area contributed by atoms with E-state index in [0.29, 0.717) is 0 Å². The van der Waals surface area contributed by atoms with Crippen LogP contribution in [0, 0.1) is 0 Å². The number of aliphatic hydroxyl groups excluding tert-OH is 2. The minimum atomic E-state index is -4.68. The van der Waals surface area contributed by atoms with Crippen LogP contribution in [0.4, 0.5) is 0 Å². The first-order chi connectivity index (χ1) is 5.37. The monoisotopic (exact) mass is 221 g/mol. The van der Waals surface area contributed by atoms with Crippen LogP contribution in [-0.4, -0.2) is 41.3 Å². The molecule has 0 radical (unpaired) electrons. The number of rotatable bonds is 5. The van der Waals surface area contributed by atoms with Gasteiger partial charge in [0, 0.05) is 26.1 Å². The van der Waals surface area contributed by atoms with Gasteiger partial charge in [0.2, 0.25) is 0 Å². The average molecular weight is 221 g/mol. The summed E-state index contributed by atoms with van der Waals surface area (Å²) in [5, 5.41) is 16.9. The summed E-state index contributed by atoms with van der Waals surface area (Å²) in [6.07, 6.45) is -0.723. The largest absolute Gasteiger partial charge is 1.00 e. The molecular weight excluding hydrogens is 209 g/mol. The fourth-order valence-corrected chi connectivity index (χ4v) is 1.44. The molecule has 4 N–H and O–H groups in total. The standard InChI is InChI=1S/C5H13NO5S.Na/c6-5(1-3-7,2-4-8)12(9,10)11;/h7-8H,1-4,6H2,(H,9,10,11);/q;+1/p-1. The molecule has 0 aliphatic carbocycles. The van der Waals surface area contributed by atoms with Gasteiger partial charge in [0.15, 0.2) is 0 Å². The Kier molecular flexibility index (Phi) is 7.87. The van der Waals surface area contributed by atoms with Crippen LogP contribution in [0.25, 0.3) is 0 Å². The van der Waals surface area contributed by atoms with Gasteiger partial charge in [-0.25, -0.2) is 8.42 Å². The van der Waals surface area contributed by atoms with Gasteiger partial charge in [0.25, 0.3) is 0 Å². The summed E-state index contributed by atoms with van der Waals surface area (Å²) < 4.78 is 31.6. The third-order valence-corrected chi connectivity index (χ3v) is 2.97. The number of nitrogens with two attached hydrogens (primary N) is 1. The minimum absolute atomic E-state index is 0. The van der Waals surface area contributed by atoms with Crippen molar-refractivity contribution >= 4 is 10.1 Å². The predicted octanol–water partition coefficient (Wildman–Crippen LogP) is -5.04. The topological polar surface area (TPSA) is 124 Å². The number of hydrogen-bond acceptors (Lipinski definition) is 6. The van der Waals surface area contributed by atoms with Gasteiger partial charge in [-0.1, -0.05) is 0 Å². The molecule has 0 atom stereocenters. The van der Waals surface area contributed by atoms with Crippen molar-refractivity contribution in [1.29, 1.82) is 0 Å². The van der Waals surface area contributed by atoms with Crippen molar-refractivity contribution in [2.24, 2.45) is 5.73 Å². The Morgan fingerprint density at radius 1 is 1.23 bits per heavy atom. The minimum Gasteiger partial charge on any atom is -0.747 e. The molecule has 0 spiro atoms. The fraction of sp³-hybridized carbons (Fsp3) is 1.00. The van der Waals surface area contributed by atoms with Gasteiger partial charge >= 0.3 is 29.6 Å². The van der Waals surface area contributed by atoms with Gasteiger partial charge in [-0.05, 0) is 0 Å². The van der Waals surface area contributed by atoms with E-state index in [1.165, 1.54) is 0 Å². The zero-order valence-electron chi connectivity index (χ0n) is 7.43. The maximum absolute atomic E-state index is 10.5. The summed E-state index contributed by atoms with van der Waals surface area (Å²) in [5.74, 6) is 0. The summed E-state index contributed by atoms with van der Waals surface area (Å²) in [5.41, 5.74) is 5.18. The second-order valence-corrected chi connectivity index (χ2v) is 4.19. The van der Waals surface area contributed by atoms with Crippen LogP contribution in [0.1, 0.15) is 12.8 Å². The van der Waals surface area contributed by atoms with E-state index in [-0.39, 0.29) is 42.4 Å². The van der Waals surface area contributed by atoms with Gasteiger partial charge < -0.3 is 20.5 Å². The molecule has 0 amide bonds. The van der Waals surface area contributed by atoms with Crippen LogP contribution in [0.2, 0.25) is 0 Å². The normalized spacial score (nSPS) is 12.3. The first-order valence-electron chi connectivity index (χ1n) is 3.33. The maximum atomic E-state index is 10.5. The Balaban J connectivity index is 0. The summed E-state index contributed by atoms with van der Waals surface area (Å²) >= 11 is 0. The molecule has 0 fully saturated rings. The van der Waals surface area contributed by atoms with E-state index in [1.807, 2.05) is 0 Å². The summed E-state index contributed by atoms with van der Waals surface area (Å²) in [7, 11) is -4.68. The Morgan fingerprint density at radius 3 is 1.69 bits per heavy atom. The molecule has 0 aliphatic rings.